The molecule has 146 valence electrons. The zero-order chi connectivity index (χ0) is 20.0. The van der Waals surface area contributed by atoms with Crippen LogP contribution in [0.25, 0.3) is 22.0 Å². The van der Waals surface area contributed by atoms with Crippen molar-refractivity contribution in [3.05, 3.63) is 41.6 Å². The molecule has 0 bridgehead atoms. The van der Waals surface area contributed by atoms with E-state index in [9.17, 15) is 0 Å². The van der Waals surface area contributed by atoms with Gasteiger partial charge in [0.25, 0.3) is 0 Å². The molecule has 2 aromatic carbocycles. The lowest BCUT2D eigenvalue weighted by Gasteiger charge is -2.20. The van der Waals surface area contributed by atoms with E-state index in [4.69, 9.17) is 25.4 Å². The highest BCUT2D eigenvalue weighted by Gasteiger charge is 2.32. The maximum absolute atomic E-state index is 5.71. The van der Waals surface area contributed by atoms with Gasteiger partial charge in [-0.05, 0) is 36.2 Å². The number of pyridine rings is 1. The van der Waals surface area contributed by atoms with Crippen LogP contribution in [0.5, 0.6) is 23.0 Å². The fourth-order valence-corrected chi connectivity index (χ4v) is 4.46. The van der Waals surface area contributed by atoms with Crippen LogP contribution in [-0.4, -0.2) is 21.0 Å². The number of fused-ring (bicyclic) bond motifs is 5. The summed E-state index contributed by atoms with van der Waals surface area (Å²) in [6, 6.07) is 8.28. The Hall–Kier alpha value is -3.39. The average Bonchev–Trinajstić information content (AvgIpc) is 3.21. The minimum Gasteiger partial charge on any atom is -0.493 e. The van der Waals surface area contributed by atoms with Crippen LogP contribution in [0.15, 0.2) is 30.5 Å². The van der Waals surface area contributed by atoms with Gasteiger partial charge in [-0.1, -0.05) is 0 Å². The Labute approximate surface area is 169 Å². The van der Waals surface area contributed by atoms with Crippen molar-refractivity contribution in [3.8, 4) is 46.6 Å². The van der Waals surface area contributed by atoms with Gasteiger partial charge < -0.3 is 18.9 Å². The summed E-state index contributed by atoms with van der Waals surface area (Å²) in [5.41, 5.74) is 4.88. The van der Waals surface area contributed by atoms with Crippen molar-refractivity contribution >= 4 is 10.8 Å². The molecule has 5 rings (SSSR count). The fraction of sp³-hybridized carbons (Fsp3) is 0.292. The highest BCUT2D eigenvalue weighted by atomic mass is 16.7. The highest BCUT2D eigenvalue weighted by molar-refractivity contribution is 5.95. The van der Waals surface area contributed by atoms with Crippen molar-refractivity contribution < 1.29 is 23.5 Å². The van der Waals surface area contributed by atoms with Gasteiger partial charge in [-0.3, -0.25) is 0 Å². The second-order valence-electron chi connectivity index (χ2n) is 7.23. The molecule has 3 aromatic rings. The molecule has 0 spiro atoms. The number of aryl methyl sites for hydroxylation is 3. The molecular formula is C24H22NO4+. The van der Waals surface area contributed by atoms with Gasteiger partial charge in [0.2, 0.25) is 12.5 Å². The molecule has 29 heavy (non-hydrogen) atoms. The Balaban J connectivity index is 1.83. The van der Waals surface area contributed by atoms with Gasteiger partial charge in [0.15, 0.2) is 35.7 Å². The summed E-state index contributed by atoms with van der Waals surface area (Å²) >= 11 is 0. The number of terminal acetylenes is 1. The molecule has 0 N–H and O–H groups in total. The maximum atomic E-state index is 5.71. The first kappa shape index (κ1) is 17.7. The lowest BCUT2D eigenvalue weighted by molar-refractivity contribution is -0.686. The molecular weight excluding hydrogens is 366 g/mol. The summed E-state index contributed by atoms with van der Waals surface area (Å²) in [5, 5.41) is 2.17. The molecule has 5 nitrogen and oxygen atoms in total. The molecule has 0 saturated heterocycles. The van der Waals surface area contributed by atoms with E-state index in [2.05, 4.69) is 34.9 Å². The summed E-state index contributed by atoms with van der Waals surface area (Å²) < 4.78 is 24.8. The standard InChI is InChI=1S/C24H22NO4/c1-4-5-6-17-16-7-8-20(26-2)24(27-3)19(16)13-25-10-9-15-11-21-22(29-14-28-21)12-18(15)23(17)25/h1,7-8,11-13H,5-6,9-10,14H2,2-3H3/q+1. The second kappa shape index (κ2) is 6.89. The van der Waals surface area contributed by atoms with Crippen LogP contribution in [0, 0.1) is 12.3 Å². The van der Waals surface area contributed by atoms with E-state index in [0.29, 0.717) is 6.42 Å². The van der Waals surface area contributed by atoms with Crippen molar-refractivity contribution in [2.45, 2.75) is 25.8 Å². The normalized spacial score (nSPS) is 13.6. The van der Waals surface area contributed by atoms with Crippen LogP contribution in [-0.2, 0) is 19.4 Å². The van der Waals surface area contributed by atoms with Crippen molar-refractivity contribution in [1.82, 2.24) is 0 Å². The zero-order valence-corrected chi connectivity index (χ0v) is 16.6. The minimum absolute atomic E-state index is 0.275. The number of aromatic nitrogens is 1. The van der Waals surface area contributed by atoms with Gasteiger partial charge >= 0.3 is 0 Å². The predicted molar refractivity (Wildman–Crippen MR) is 110 cm³/mol. The first-order valence-electron chi connectivity index (χ1n) is 9.71. The number of methoxy groups -OCH3 is 2. The summed E-state index contributed by atoms with van der Waals surface area (Å²) in [6.45, 7) is 1.15. The van der Waals surface area contributed by atoms with Crippen LogP contribution in [0.2, 0.25) is 0 Å². The van der Waals surface area contributed by atoms with E-state index < -0.39 is 0 Å². The highest BCUT2D eigenvalue weighted by Crippen LogP contribution is 2.43. The third-order valence-electron chi connectivity index (χ3n) is 5.76. The first-order chi connectivity index (χ1) is 14.2. The van der Waals surface area contributed by atoms with E-state index in [-0.39, 0.29) is 6.79 Å². The molecule has 3 heterocycles. The molecule has 0 aliphatic carbocycles. The van der Waals surface area contributed by atoms with E-state index in [1.807, 2.05) is 6.07 Å². The Kier molecular flexibility index (Phi) is 4.21. The van der Waals surface area contributed by atoms with Crippen molar-refractivity contribution in [2.75, 3.05) is 21.0 Å². The van der Waals surface area contributed by atoms with Gasteiger partial charge in [0, 0.05) is 23.8 Å². The van der Waals surface area contributed by atoms with Crippen molar-refractivity contribution in [2.24, 2.45) is 0 Å². The van der Waals surface area contributed by atoms with E-state index in [0.717, 1.165) is 53.2 Å². The molecule has 2 aliphatic rings. The van der Waals surface area contributed by atoms with Crippen LogP contribution in [0.4, 0.5) is 0 Å². The Morgan fingerprint density at radius 1 is 1.10 bits per heavy atom. The van der Waals surface area contributed by atoms with Crippen molar-refractivity contribution in [1.29, 1.82) is 0 Å². The van der Waals surface area contributed by atoms with Gasteiger partial charge in [-0.25, -0.2) is 0 Å². The molecule has 0 atom stereocenters. The molecule has 1 aromatic heterocycles. The van der Waals surface area contributed by atoms with E-state index in [1.165, 1.54) is 22.4 Å². The molecule has 0 fully saturated rings. The molecule has 2 aliphatic heterocycles. The average molecular weight is 388 g/mol. The van der Waals surface area contributed by atoms with Gasteiger partial charge in [-0.15, -0.1) is 12.3 Å². The van der Waals surface area contributed by atoms with Gasteiger partial charge in [0.05, 0.1) is 25.2 Å². The van der Waals surface area contributed by atoms with E-state index >= 15 is 0 Å². The molecule has 0 saturated carbocycles. The SMILES string of the molecule is C#CCCc1c2[n+](cc3c(OC)c(OC)ccc13)CCc1cc3c(cc1-2)OCO3. The summed E-state index contributed by atoms with van der Waals surface area (Å²) in [6.07, 6.45) is 10.2. The molecule has 0 unspecified atom stereocenters. The van der Waals surface area contributed by atoms with Crippen molar-refractivity contribution in [3.63, 3.8) is 0 Å². The number of benzene rings is 2. The summed E-state index contributed by atoms with van der Waals surface area (Å²) in [5.74, 6) is 5.90. The Bertz CT molecular complexity index is 1180. The van der Waals surface area contributed by atoms with E-state index in [1.54, 1.807) is 14.2 Å². The topological polar surface area (TPSA) is 40.8 Å². The van der Waals surface area contributed by atoms with Crippen LogP contribution in [0.3, 0.4) is 0 Å². The fourth-order valence-electron chi connectivity index (χ4n) is 4.46. The minimum atomic E-state index is 0.275. The monoisotopic (exact) mass is 388 g/mol. The largest absolute Gasteiger partial charge is 0.493 e. The third kappa shape index (κ3) is 2.67. The summed E-state index contributed by atoms with van der Waals surface area (Å²) in [7, 11) is 3.34. The lowest BCUT2D eigenvalue weighted by Crippen LogP contribution is -2.41. The zero-order valence-electron chi connectivity index (χ0n) is 16.6. The maximum Gasteiger partial charge on any atom is 0.231 e. The Morgan fingerprint density at radius 3 is 2.69 bits per heavy atom. The van der Waals surface area contributed by atoms with Crippen LogP contribution in [0.1, 0.15) is 17.5 Å². The molecule has 0 radical (unpaired) electrons. The third-order valence-corrected chi connectivity index (χ3v) is 5.76. The number of nitrogens with zero attached hydrogens (tertiary/aromatic N) is 1. The number of ether oxygens (including phenoxy) is 4. The summed E-state index contributed by atoms with van der Waals surface area (Å²) in [4.78, 5) is 0. The number of rotatable bonds is 4. The van der Waals surface area contributed by atoms with Crippen LogP contribution >= 0.6 is 0 Å². The molecule has 0 amide bonds. The first-order valence-corrected chi connectivity index (χ1v) is 9.71. The lowest BCUT2D eigenvalue weighted by atomic mass is 9.89. The van der Waals surface area contributed by atoms with Gasteiger partial charge in [0.1, 0.15) is 0 Å². The number of hydrogen-bond acceptors (Lipinski definition) is 4. The quantitative estimate of drug-likeness (QED) is 0.505. The second-order valence-corrected chi connectivity index (χ2v) is 7.23. The molecule has 5 heteroatoms. The Morgan fingerprint density at radius 2 is 1.93 bits per heavy atom. The van der Waals surface area contributed by atoms with Gasteiger partial charge in [-0.2, -0.15) is 4.57 Å². The smallest absolute Gasteiger partial charge is 0.231 e. The van der Waals surface area contributed by atoms with Crippen LogP contribution < -0.4 is 23.5 Å². The number of hydrogen-bond donors (Lipinski definition) is 0. The predicted octanol–water partition coefficient (Wildman–Crippen LogP) is 3.66.